The van der Waals surface area contributed by atoms with Gasteiger partial charge in [-0.25, -0.2) is 4.39 Å². The Kier molecular flexibility index (Phi) is 2.02. The van der Waals surface area contributed by atoms with Crippen LogP contribution in [-0.2, 0) is 0 Å². The molecule has 80 valence electrons. The molecule has 0 bridgehead atoms. The molecule has 3 nitrogen and oxygen atoms in total. The highest BCUT2D eigenvalue weighted by molar-refractivity contribution is 5.42. The van der Waals surface area contributed by atoms with Crippen molar-refractivity contribution >= 4 is 0 Å². The first-order valence-electron chi connectivity index (χ1n) is 5.16. The quantitative estimate of drug-likeness (QED) is 0.761. The Hall–Kier alpha value is -1.29. The largest absolute Gasteiger partial charge is 0.451 e. The number of benzene rings is 1. The van der Waals surface area contributed by atoms with Gasteiger partial charge in [0, 0.05) is 18.5 Å². The Balaban J connectivity index is 1.79. The maximum atomic E-state index is 12.9. The van der Waals surface area contributed by atoms with Crippen LogP contribution in [0.4, 0.5) is 4.39 Å². The summed E-state index contributed by atoms with van der Waals surface area (Å²) >= 11 is 0. The first-order chi connectivity index (χ1) is 7.33. The van der Waals surface area contributed by atoms with E-state index < -0.39 is 0 Å². The summed E-state index contributed by atoms with van der Waals surface area (Å²) < 4.78 is 24.1. The molecule has 2 atom stereocenters. The van der Waals surface area contributed by atoms with E-state index in [-0.39, 0.29) is 12.1 Å². The Morgan fingerprint density at radius 2 is 2.13 bits per heavy atom. The second-order valence-electron chi connectivity index (χ2n) is 3.95. The van der Waals surface area contributed by atoms with Crippen LogP contribution in [0.2, 0.25) is 0 Å². The average molecular weight is 209 g/mol. The normalized spacial score (nSPS) is 28.3. The van der Waals surface area contributed by atoms with Crippen molar-refractivity contribution in [2.45, 2.75) is 12.7 Å². The van der Waals surface area contributed by atoms with Crippen molar-refractivity contribution in [2.24, 2.45) is 5.92 Å². The summed E-state index contributed by atoms with van der Waals surface area (Å²) in [5.74, 6) is 1.24. The Morgan fingerprint density at radius 1 is 1.27 bits per heavy atom. The molecule has 2 aliphatic rings. The van der Waals surface area contributed by atoms with Gasteiger partial charge in [0.25, 0.3) is 0 Å². The van der Waals surface area contributed by atoms with Gasteiger partial charge in [0.2, 0.25) is 6.29 Å². The highest BCUT2D eigenvalue weighted by atomic mass is 19.1. The lowest BCUT2D eigenvalue weighted by molar-refractivity contribution is 0.00315. The van der Waals surface area contributed by atoms with Crippen LogP contribution in [-0.4, -0.2) is 19.4 Å². The molecular weight excluding hydrogens is 197 g/mol. The van der Waals surface area contributed by atoms with Gasteiger partial charge < -0.3 is 14.8 Å². The molecule has 0 radical (unpaired) electrons. The van der Waals surface area contributed by atoms with Gasteiger partial charge in [0.15, 0.2) is 11.5 Å². The molecule has 0 amide bonds. The molecule has 0 aliphatic carbocycles. The lowest BCUT2D eigenvalue weighted by atomic mass is 10.1. The minimum atomic E-state index is -0.289. The van der Waals surface area contributed by atoms with E-state index in [1.54, 1.807) is 6.07 Å². The molecular formula is C11H12FNO2. The molecule has 0 aromatic heterocycles. The van der Waals surface area contributed by atoms with Crippen molar-refractivity contribution in [1.29, 1.82) is 0 Å². The number of hydrogen-bond acceptors (Lipinski definition) is 3. The van der Waals surface area contributed by atoms with E-state index in [1.807, 2.05) is 0 Å². The summed E-state index contributed by atoms with van der Waals surface area (Å²) in [4.78, 5) is 0. The van der Waals surface area contributed by atoms with E-state index in [0.29, 0.717) is 17.4 Å². The maximum Gasteiger partial charge on any atom is 0.245 e. The Labute approximate surface area is 87.2 Å². The van der Waals surface area contributed by atoms with Crippen molar-refractivity contribution in [1.82, 2.24) is 5.32 Å². The zero-order valence-corrected chi connectivity index (χ0v) is 8.20. The van der Waals surface area contributed by atoms with Crippen molar-refractivity contribution in [3.05, 3.63) is 24.0 Å². The monoisotopic (exact) mass is 209 g/mol. The van der Waals surface area contributed by atoms with Gasteiger partial charge in [0.1, 0.15) is 5.82 Å². The summed E-state index contributed by atoms with van der Waals surface area (Å²) in [5.41, 5.74) is 0. The van der Waals surface area contributed by atoms with Crippen LogP contribution in [0.5, 0.6) is 11.5 Å². The number of nitrogens with one attached hydrogen (secondary N) is 1. The standard InChI is InChI=1S/C11H12FNO2/c12-8-1-2-9-10(5-8)15-11(14-9)7-3-4-13-6-7/h1-2,5,7,11,13H,3-4,6H2. The molecule has 2 aliphatic heterocycles. The van der Waals surface area contributed by atoms with Gasteiger partial charge in [-0.3, -0.25) is 0 Å². The molecule has 1 N–H and O–H groups in total. The second kappa shape index (κ2) is 3.38. The highest BCUT2D eigenvalue weighted by Gasteiger charge is 2.33. The summed E-state index contributed by atoms with van der Waals surface area (Å²) in [5, 5.41) is 3.25. The van der Waals surface area contributed by atoms with E-state index in [1.165, 1.54) is 12.1 Å². The van der Waals surface area contributed by atoms with Crippen LogP contribution in [0.25, 0.3) is 0 Å². The number of hydrogen-bond donors (Lipinski definition) is 1. The van der Waals surface area contributed by atoms with Gasteiger partial charge in [0.05, 0.1) is 0 Å². The Bertz CT molecular complexity index is 377. The average Bonchev–Trinajstić information content (AvgIpc) is 2.84. The maximum absolute atomic E-state index is 12.9. The van der Waals surface area contributed by atoms with Crippen molar-refractivity contribution in [3.63, 3.8) is 0 Å². The molecule has 3 rings (SSSR count). The minimum absolute atomic E-state index is 0.253. The van der Waals surface area contributed by atoms with Gasteiger partial charge in [-0.1, -0.05) is 0 Å². The van der Waals surface area contributed by atoms with Crippen molar-refractivity contribution in [2.75, 3.05) is 13.1 Å². The fraction of sp³-hybridized carbons (Fsp3) is 0.455. The summed E-state index contributed by atoms with van der Waals surface area (Å²) in [6.45, 7) is 1.90. The van der Waals surface area contributed by atoms with Crippen LogP contribution < -0.4 is 14.8 Å². The first kappa shape index (κ1) is 8.97. The molecule has 0 spiro atoms. The third-order valence-electron chi connectivity index (χ3n) is 2.88. The minimum Gasteiger partial charge on any atom is -0.451 e. The SMILES string of the molecule is Fc1ccc2c(c1)OC(C1CCNC1)O2. The van der Waals surface area contributed by atoms with Crippen molar-refractivity contribution < 1.29 is 13.9 Å². The number of rotatable bonds is 1. The summed E-state index contributed by atoms with van der Waals surface area (Å²) in [6, 6.07) is 4.38. The lowest BCUT2D eigenvalue weighted by Crippen LogP contribution is -2.30. The smallest absolute Gasteiger partial charge is 0.245 e. The van der Waals surface area contributed by atoms with Crippen LogP contribution in [0.15, 0.2) is 18.2 Å². The third-order valence-corrected chi connectivity index (χ3v) is 2.88. The lowest BCUT2D eigenvalue weighted by Gasteiger charge is -2.15. The van der Waals surface area contributed by atoms with E-state index in [2.05, 4.69) is 5.32 Å². The number of halogens is 1. The summed E-state index contributed by atoms with van der Waals surface area (Å²) in [6.07, 6.45) is 0.790. The van der Waals surface area contributed by atoms with E-state index in [9.17, 15) is 4.39 Å². The fourth-order valence-corrected chi connectivity index (χ4v) is 2.05. The second-order valence-corrected chi connectivity index (χ2v) is 3.95. The van der Waals surface area contributed by atoms with Gasteiger partial charge in [-0.2, -0.15) is 0 Å². The molecule has 1 fully saturated rings. The van der Waals surface area contributed by atoms with E-state index in [0.717, 1.165) is 19.5 Å². The van der Waals surface area contributed by atoms with E-state index >= 15 is 0 Å². The van der Waals surface area contributed by atoms with Crippen LogP contribution in [0.3, 0.4) is 0 Å². The zero-order chi connectivity index (χ0) is 10.3. The fourth-order valence-electron chi connectivity index (χ4n) is 2.05. The Morgan fingerprint density at radius 3 is 2.93 bits per heavy atom. The van der Waals surface area contributed by atoms with E-state index in [4.69, 9.17) is 9.47 Å². The third kappa shape index (κ3) is 1.55. The molecule has 0 saturated carbocycles. The topological polar surface area (TPSA) is 30.5 Å². The molecule has 1 aromatic carbocycles. The number of fused-ring (bicyclic) bond motifs is 1. The highest BCUT2D eigenvalue weighted by Crippen LogP contribution is 2.37. The van der Waals surface area contributed by atoms with Crippen LogP contribution in [0.1, 0.15) is 6.42 Å². The molecule has 4 heteroatoms. The molecule has 2 heterocycles. The zero-order valence-electron chi connectivity index (χ0n) is 8.20. The molecule has 1 aromatic rings. The molecule has 2 unspecified atom stereocenters. The number of ether oxygens (including phenoxy) is 2. The van der Waals surface area contributed by atoms with Crippen molar-refractivity contribution in [3.8, 4) is 11.5 Å². The van der Waals surface area contributed by atoms with Gasteiger partial charge in [-0.15, -0.1) is 0 Å². The summed E-state index contributed by atoms with van der Waals surface area (Å²) in [7, 11) is 0. The molecule has 1 saturated heterocycles. The van der Waals surface area contributed by atoms with Crippen LogP contribution >= 0.6 is 0 Å². The predicted octanol–water partition coefficient (Wildman–Crippen LogP) is 1.53. The van der Waals surface area contributed by atoms with Crippen LogP contribution in [0, 0.1) is 11.7 Å². The first-order valence-corrected chi connectivity index (χ1v) is 5.16. The molecule has 15 heavy (non-hydrogen) atoms. The van der Waals surface area contributed by atoms with Gasteiger partial charge >= 0.3 is 0 Å². The van der Waals surface area contributed by atoms with Gasteiger partial charge in [-0.05, 0) is 25.1 Å². The predicted molar refractivity (Wildman–Crippen MR) is 52.4 cm³/mol.